The van der Waals surface area contributed by atoms with E-state index in [0.29, 0.717) is 11.5 Å². The molecule has 2 N–H and O–H groups in total. The highest BCUT2D eigenvalue weighted by molar-refractivity contribution is 6.07. The number of ketones is 1. The maximum absolute atomic E-state index is 12.3. The average molecular weight is 333 g/mol. The van der Waals surface area contributed by atoms with Crippen LogP contribution in [0.4, 0.5) is 0 Å². The predicted octanol–water partition coefficient (Wildman–Crippen LogP) is 2.42. The summed E-state index contributed by atoms with van der Waals surface area (Å²) in [5.41, 5.74) is 1.67. The summed E-state index contributed by atoms with van der Waals surface area (Å²) in [4.78, 5) is 24.2. The zero-order chi connectivity index (χ0) is 17.9. The van der Waals surface area contributed by atoms with E-state index < -0.39 is 18.3 Å². The largest absolute Gasteiger partial charge is 0.386 e. The smallest absolute Gasteiger partial charge is 0.251 e. The number of allylic oxidation sites excluding steroid dienone is 3. The number of aliphatic hydroxyl groups is 1. The van der Waals surface area contributed by atoms with Crippen molar-refractivity contribution in [2.45, 2.75) is 65.3 Å². The van der Waals surface area contributed by atoms with E-state index in [-0.39, 0.29) is 17.4 Å². The van der Waals surface area contributed by atoms with Gasteiger partial charge in [0.25, 0.3) is 5.91 Å². The standard InChI is InChI=1S/C19H27NO4/c1-5-6-7-11(2)8-12(3)9-13(4)19(23)20-14-10-15(21)17-18(24-17)16(14)22/h8-11,15,17-18,21H,5-7H2,1-4H3,(H,20,23)/b12-8+,13-9+/t11-,15-,17+,18-/m1/s1. The lowest BCUT2D eigenvalue weighted by Crippen LogP contribution is -2.36. The van der Waals surface area contributed by atoms with Crippen LogP contribution in [-0.2, 0) is 14.3 Å². The monoisotopic (exact) mass is 333 g/mol. The average Bonchev–Trinajstić information content (AvgIpc) is 3.31. The first-order valence-corrected chi connectivity index (χ1v) is 8.61. The first kappa shape index (κ1) is 18.6. The van der Waals surface area contributed by atoms with Gasteiger partial charge in [-0.25, -0.2) is 0 Å². The van der Waals surface area contributed by atoms with Crippen molar-refractivity contribution in [1.29, 1.82) is 0 Å². The topological polar surface area (TPSA) is 78.9 Å². The third-order valence-electron chi connectivity index (χ3n) is 4.33. The van der Waals surface area contributed by atoms with E-state index in [0.717, 1.165) is 12.0 Å². The number of epoxide rings is 1. The van der Waals surface area contributed by atoms with Crippen LogP contribution >= 0.6 is 0 Å². The van der Waals surface area contributed by atoms with Gasteiger partial charge in [-0.15, -0.1) is 0 Å². The highest BCUT2D eigenvalue weighted by Crippen LogP contribution is 2.33. The van der Waals surface area contributed by atoms with Crippen molar-refractivity contribution in [2.24, 2.45) is 5.92 Å². The van der Waals surface area contributed by atoms with Gasteiger partial charge in [-0.05, 0) is 32.3 Å². The van der Waals surface area contributed by atoms with Crippen LogP contribution in [0.2, 0.25) is 0 Å². The van der Waals surface area contributed by atoms with Crippen molar-refractivity contribution < 1.29 is 19.4 Å². The minimum Gasteiger partial charge on any atom is -0.386 e. The highest BCUT2D eigenvalue weighted by atomic mass is 16.6. The molecular formula is C19H27NO4. The van der Waals surface area contributed by atoms with Crippen molar-refractivity contribution >= 4 is 11.7 Å². The van der Waals surface area contributed by atoms with Crippen molar-refractivity contribution in [3.8, 4) is 0 Å². The summed E-state index contributed by atoms with van der Waals surface area (Å²) < 4.78 is 5.09. The number of hydrogen-bond acceptors (Lipinski definition) is 4. The zero-order valence-electron chi connectivity index (χ0n) is 14.8. The molecule has 24 heavy (non-hydrogen) atoms. The number of aliphatic hydroxyl groups excluding tert-OH is 1. The summed E-state index contributed by atoms with van der Waals surface area (Å²) in [5, 5.41) is 12.3. The Labute approximate surface area is 143 Å². The summed E-state index contributed by atoms with van der Waals surface area (Å²) in [6.45, 7) is 8.02. The lowest BCUT2D eigenvalue weighted by atomic mass is 10.00. The number of amides is 1. The molecule has 0 aromatic carbocycles. The van der Waals surface area contributed by atoms with Crippen LogP contribution in [0.1, 0.15) is 47.0 Å². The Morgan fingerprint density at radius 1 is 1.46 bits per heavy atom. The second-order valence-corrected chi connectivity index (χ2v) is 6.77. The molecule has 0 radical (unpaired) electrons. The Balaban J connectivity index is 1.96. The number of hydrogen-bond donors (Lipinski definition) is 2. The van der Waals surface area contributed by atoms with Gasteiger partial charge in [-0.3, -0.25) is 9.59 Å². The number of Topliss-reactive ketones (excluding diaryl/α,β-unsaturated/α-hetero) is 1. The second kappa shape index (κ2) is 7.90. The van der Waals surface area contributed by atoms with Crippen LogP contribution in [-0.4, -0.2) is 35.1 Å². The molecule has 0 saturated carbocycles. The maximum atomic E-state index is 12.3. The normalized spacial score (nSPS) is 28.1. The van der Waals surface area contributed by atoms with E-state index in [1.807, 2.05) is 13.0 Å². The molecule has 1 fully saturated rings. The number of fused-ring (bicyclic) bond motifs is 1. The minimum absolute atomic E-state index is 0.122. The fraction of sp³-hybridized carbons (Fsp3) is 0.579. The first-order valence-electron chi connectivity index (χ1n) is 8.61. The molecule has 5 nitrogen and oxygen atoms in total. The molecule has 0 spiro atoms. The number of carbonyl (C=O) groups is 2. The Hall–Kier alpha value is -1.72. The zero-order valence-corrected chi connectivity index (χ0v) is 14.8. The molecule has 2 rings (SSSR count). The quantitative estimate of drug-likeness (QED) is 0.426. The van der Waals surface area contributed by atoms with Gasteiger partial charge in [0.2, 0.25) is 5.78 Å². The fourth-order valence-corrected chi connectivity index (χ4v) is 2.93. The fourth-order valence-electron chi connectivity index (χ4n) is 2.93. The molecule has 4 atom stereocenters. The number of ether oxygens (including phenoxy) is 1. The molecule has 1 saturated heterocycles. The van der Waals surface area contributed by atoms with E-state index in [9.17, 15) is 14.7 Å². The Bertz CT molecular complexity index is 602. The van der Waals surface area contributed by atoms with Crippen LogP contribution < -0.4 is 5.32 Å². The summed E-state index contributed by atoms with van der Waals surface area (Å²) in [6.07, 6.45) is 6.95. The molecule has 1 heterocycles. The third kappa shape index (κ3) is 4.65. The predicted molar refractivity (Wildman–Crippen MR) is 92.1 cm³/mol. The summed E-state index contributed by atoms with van der Waals surface area (Å²) in [5.74, 6) is -0.138. The van der Waals surface area contributed by atoms with Crippen molar-refractivity contribution in [2.75, 3.05) is 0 Å². The second-order valence-electron chi connectivity index (χ2n) is 6.77. The van der Waals surface area contributed by atoms with Crippen LogP contribution in [0, 0.1) is 5.92 Å². The van der Waals surface area contributed by atoms with E-state index in [1.165, 1.54) is 18.9 Å². The van der Waals surface area contributed by atoms with Gasteiger partial charge in [-0.2, -0.15) is 0 Å². The van der Waals surface area contributed by atoms with Gasteiger partial charge in [0.15, 0.2) is 6.10 Å². The van der Waals surface area contributed by atoms with Crippen molar-refractivity contribution in [3.05, 3.63) is 35.1 Å². The van der Waals surface area contributed by atoms with Gasteiger partial charge in [0.1, 0.15) is 12.2 Å². The number of nitrogens with one attached hydrogen (secondary N) is 1. The summed E-state index contributed by atoms with van der Waals surface area (Å²) >= 11 is 0. The van der Waals surface area contributed by atoms with Gasteiger partial charge in [-0.1, -0.05) is 44.4 Å². The number of rotatable bonds is 7. The molecule has 0 aromatic heterocycles. The van der Waals surface area contributed by atoms with Gasteiger partial charge >= 0.3 is 0 Å². The maximum Gasteiger partial charge on any atom is 0.251 e. The third-order valence-corrected chi connectivity index (χ3v) is 4.33. The summed E-state index contributed by atoms with van der Waals surface area (Å²) in [6, 6.07) is 0. The van der Waals surface area contributed by atoms with E-state index in [2.05, 4.69) is 25.2 Å². The Morgan fingerprint density at radius 3 is 2.83 bits per heavy atom. The van der Waals surface area contributed by atoms with E-state index in [4.69, 9.17) is 4.74 Å². The van der Waals surface area contributed by atoms with E-state index >= 15 is 0 Å². The Morgan fingerprint density at radius 2 is 2.17 bits per heavy atom. The molecule has 2 aliphatic rings. The van der Waals surface area contributed by atoms with Gasteiger partial charge < -0.3 is 15.2 Å². The van der Waals surface area contributed by atoms with Crippen molar-refractivity contribution in [3.63, 3.8) is 0 Å². The Kier molecular flexibility index (Phi) is 6.13. The number of carbonyl (C=O) groups excluding carboxylic acids is 2. The number of unbranched alkanes of at least 4 members (excludes halogenated alkanes) is 1. The first-order chi connectivity index (χ1) is 11.3. The van der Waals surface area contributed by atoms with Crippen LogP contribution in [0.15, 0.2) is 35.1 Å². The molecule has 0 aromatic rings. The highest BCUT2D eigenvalue weighted by Gasteiger charge is 2.53. The molecule has 0 bridgehead atoms. The van der Waals surface area contributed by atoms with Crippen LogP contribution in [0.25, 0.3) is 0 Å². The molecule has 132 valence electrons. The lowest BCUT2D eigenvalue weighted by molar-refractivity contribution is -0.121. The molecule has 0 unspecified atom stereocenters. The van der Waals surface area contributed by atoms with Gasteiger partial charge in [0, 0.05) is 5.57 Å². The summed E-state index contributed by atoms with van der Waals surface area (Å²) in [7, 11) is 0. The SMILES string of the molecule is CCCC[C@@H](C)/C=C(C)/C=C(\C)C(=O)NC1=C[C@@H](O)[C@@H]2O[C@@H]2C1=O. The molecule has 5 heteroatoms. The van der Waals surface area contributed by atoms with Crippen LogP contribution in [0.5, 0.6) is 0 Å². The van der Waals surface area contributed by atoms with E-state index in [1.54, 1.807) is 6.92 Å². The van der Waals surface area contributed by atoms with Crippen LogP contribution in [0.3, 0.4) is 0 Å². The lowest BCUT2D eigenvalue weighted by Gasteiger charge is -2.14. The van der Waals surface area contributed by atoms with Gasteiger partial charge in [0.05, 0.1) is 5.70 Å². The van der Waals surface area contributed by atoms with Crippen molar-refractivity contribution in [1.82, 2.24) is 5.32 Å². The molecular weight excluding hydrogens is 306 g/mol. The minimum atomic E-state index is -0.840. The molecule has 1 aliphatic heterocycles. The molecule has 1 amide bonds. The molecule has 1 aliphatic carbocycles.